The van der Waals surface area contributed by atoms with E-state index in [1.807, 2.05) is 72.5 Å². The molecule has 3 aromatic carbocycles. The largest absolute Gasteiger partial charge is 0.478 e. The van der Waals surface area contributed by atoms with Gasteiger partial charge in [-0.3, -0.25) is 0 Å². The molecule has 6 nitrogen and oxygen atoms in total. The number of carboxylic acids is 1. The van der Waals surface area contributed by atoms with Crippen LogP contribution in [0.15, 0.2) is 77.7 Å². The molecule has 3 N–H and O–H groups in total. The van der Waals surface area contributed by atoms with Gasteiger partial charge in [0.15, 0.2) is 0 Å². The van der Waals surface area contributed by atoms with Gasteiger partial charge in [0, 0.05) is 29.9 Å². The Balaban J connectivity index is 2.31. The van der Waals surface area contributed by atoms with E-state index < -0.39 is 16.0 Å². The minimum Gasteiger partial charge on any atom is -0.478 e. The second-order valence-electron chi connectivity index (χ2n) is 6.56. The molecule has 150 valence electrons. The number of aromatic carboxylic acids is 1. The van der Waals surface area contributed by atoms with Gasteiger partial charge in [0.25, 0.3) is 0 Å². The van der Waals surface area contributed by atoms with Crippen LogP contribution in [0.2, 0.25) is 0 Å². The summed E-state index contributed by atoms with van der Waals surface area (Å²) < 4.78 is 24.8. The molecule has 7 heteroatoms. The number of carboxylic acid groups (broad SMARTS) is 1. The summed E-state index contributed by atoms with van der Waals surface area (Å²) >= 11 is 0. The fourth-order valence-electron chi connectivity index (χ4n) is 3.33. The van der Waals surface area contributed by atoms with Crippen LogP contribution < -0.4 is 10.0 Å². The van der Waals surface area contributed by atoms with Crippen LogP contribution in [0.4, 0.5) is 11.4 Å². The molecule has 0 bridgehead atoms. The van der Waals surface area contributed by atoms with Gasteiger partial charge in [-0.1, -0.05) is 48.5 Å². The smallest absolute Gasteiger partial charge is 0.335 e. The van der Waals surface area contributed by atoms with E-state index in [1.54, 1.807) is 0 Å². The number of sulfonamides is 1. The summed E-state index contributed by atoms with van der Waals surface area (Å²) in [5.74, 6) is -1.22. The molecule has 0 aliphatic carbocycles. The summed E-state index contributed by atoms with van der Waals surface area (Å²) in [5.41, 5.74) is 2.56. The van der Waals surface area contributed by atoms with Gasteiger partial charge in [-0.05, 0) is 36.8 Å². The van der Waals surface area contributed by atoms with Crippen LogP contribution in [0.1, 0.15) is 28.4 Å². The minimum absolute atomic E-state index is 0.129. The van der Waals surface area contributed by atoms with E-state index in [0.717, 1.165) is 17.3 Å². The number of carbonyl (C=O) groups is 1. The Labute approximate surface area is 170 Å². The first-order valence-electron chi connectivity index (χ1n) is 9.10. The third kappa shape index (κ3) is 4.64. The summed E-state index contributed by atoms with van der Waals surface area (Å²) in [6.07, 6.45) is 0.297. The summed E-state index contributed by atoms with van der Waals surface area (Å²) in [6, 6.07) is 21.4. The van der Waals surface area contributed by atoms with E-state index in [2.05, 4.69) is 0 Å². The second kappa shape index (κ2) is 8.46. The van der Waals surface area contributed by atoms with Crippen LogP contribution in [-0.4, -0.2) is 26.0 Å². The summed E-state index contributed by atoms with van der Waals surface area (Å²) in [7, 11) is -4.15. The number of benzene rings is 3. The maximum Gasteiger partial charge on any atom is 0.335 e. The van der Waals surface area contributed by atoms with Gasteiger partial charge in [-0.25, -0.2) is 18.4 Å². The van der Waals surface area contributed by atoms with Crippen LogP contribution >= 0.6 is 0 Å². The molecule has 29 heavy (non-hydrogen) atoms. The van der Waals surface area contributed by atoms with E-state index in [4.69, 9.17) is 5.14 Å². The SMILES string of the molecule is CCN(c1ccccc1)c1cc(C(=O)O)cc(S(N)(=O)=O)c1Cc1ccccc1. The molecule has 0 fully saturated rings. The normalized spacial score (nSPS) is 11.2. The molecule has 0 saturated carbocycles. The van der Waals surface area contributed by atoms with Gasteiger partial charge >= 0.3 is 5.97 Å². The number of hydrogen-bond acceptors (Lipinski definition) is 4. The summed E-state index contributed by atoms with van der Waals surface area (Å²) in [4.78, 5) is 13.4. The molecule has 3 aromatic rings. The lowest BCUT2D eigenvalue weighted by Gasteiger charge is -2.27. The highest BCUT2D eigenvalue weighted by Crippen LogP contribution is 2.35. The van der Waals surface area contributed by atoms with Gasteiger partial charge in [0.05, 0.1) is 10.5 Å². The van der Waals surface area contributed by atoms with Crippen molar-refractivity contribution in [2.75, 3.05) is 11.4 Å². The van der Waals surface area contributed by atoms with Crippen LogP contribution in [-0.2, 0) is 16.4 Å². The van der Waals surface area contributed by atoms with Crippen LogP contribution in [0.3, 0.4) is 0 Å². The molecular weight excluding hydrogens is 388 g/mol. The molecule has 0 saturated heterocycles. The van der Waals surface area contributed by atoms with Crippen molar-refractivity contribution in [2.45, 2.75) is 18.2 Å². The summed E-state index contributed by atoms with van der Waals surface area (Å²) in [6.45, 7) is 2.43. The molecule has 0 aromatic heterocycles. The van der Waals surface area contributed by atoms with Gasteiger partial charge in [-0.15, -0.1) is 0 Å². The van der Waals surface area contributed by atoms with E-state index in [-0.39, 0.29) is 10.5 Å². The number of rotatable bonds is 7. The van der Waals surface area contributed by atoms with Crippen LogP contribution in [0.5, 0.6) is 0 Å². The van der Waals surface area contributed by atoms with Crippen molar-refractivity contribution in [2.24, 2.45) is 5.14 Å². The Hall–Kier alpha value is -3.16. The average Bonchev–Trinajstić information content (AvgIpc) is 2.70. The molecule has 0 spiro atoms. The maximum absolute atomic E-state index is 12.4. The topological polar surface area (TPSA) is 101 Å². The van der Waals surface area contributed by atoms with Gasteiger partial charge in [0.1, 0.15) is 0 Å². The zero-order chi connectivity index (χ0) is 21.0. The number of primary sulfonamides is 1. The van der Waals surface area contributed by atoms with Crippen molar-refractivity contribution < 1.29 is 18.3 Å². The number of nitrogens with two attached hydrogens (primary N) is 1. The van der Waals surface area contributed by atoms with Crippen molar-refractivity contribution >= 4 is 27.4 Å². The lowest BCUT2D eigenvalue weighted by molar-refractivity contribution is 0.0696. The molecular formula is C22H22N2O4S. The summed E-state index contributed by atoms with van der Waals surface area (Å²) in [5, 5.41) is 15.0. The van der Waals surface area contributed by atoms with Crippen LogP contribution in [0.25, 0.3) is 0 Å². The number of hydrogen-bond donors (Lipinski definition) is 2. The first-order chi connectivity index (χ1) is 13.8. The fraction of sp³-hybridized carbons (Fsp3) is 0.136. The quantitative estimate of drug-likeness (QED) is 0.617. The van der Waals surface area contributed by atoms with Crippen molar-refractivity contribution in [3.05, 3.63) is 89.5 Å². The van der Waals surface area contributed by atoms with Gasteiger partial charge in [0.2, 0.25) is 10.0 Å². The molecule has 0 aliphatic heterocycles. The highest BCUT2D eigenvalue weighted by molar-refractivity contribution is 7.89. The average molecular weight is 410 g/mol. The van der Waals surface area contributed by atoms with E-state index in [9.17, 15) is 18.3 Å². The molecule has 0 aliphatic rings. The minimum atomic E-state index is -4.15. The van der Waals surface area contributed by atoms with Crippen molar-refractivity contribution in [1.29, 1.82) is 0 Å². The fourth-order valence-corrected chi connectivity index (χ4v) is 4.14. The third-order valence-electron chi connectivity index (χ3n) is 4.64. The lowest BCUT2D eigenvalue weighted by atomic mass is 9.99. The number of nitrogens with zero attached hydrogens (tertiary/aromatic N) is 1. The Morgan fingerprint density at radius 1 is 1.00 bits per heavy atom. The first-order valence-corrected chi connectivity index (χ1v) is 10.7. The predicted octanol–water partition coefficient (Wildman–Crippen LogP) is 3.78. The Kier molecular flexibility index (Phi) is 6.00. The number of anilines is 2. The van der Waals surface area contributed by atoms with E-state index >= 15 is 0 Å². The highest BCUT2D eigenvalue weighted by atomic mass is 32.2. The Morgan fingerprint density at radius 2 is 1.59 bits per heavy atom. The molecule has 3 rings (SSSR count). The maximum atomic E-state index is 12.4. The molecule has 0 amide bonds. The van der Waals surface area contributed by atoms with E-state index in [0.29, 0.717) is 24.2 Å². The van der Waals surface area contributed by atoms with Crippen molar-refractivity contribution in [1.82, 2.24) is 0 Å². The van der Waals surface area contributed by atoms with E-state index in [1.165, 1.54) is 6.07 Å². The van der Waals surface area contributed by atoms with Crippen molar-refractivity contribution in [3.63, 3.8) is 0 Å². The highest BCUT2D eigenvalue weighted by Gasteiger charge is 2.24. The number of para-hydroxylation sites is 1. The molecule has 0 unspecified atom stereocenters. The second-order valence-corrected chi connectivity index (χ2v) is 8.09. The zero-order valence-corrected chi connectivity index (χ0v) is 16.8. The Bertz CT molecular complexity index is 1110. The predicted molar refractivity (Wildman–Crippen MR) is 113 cm³/mol. The van der Waals surface area contributed by atoms with Crippen molar-refractivity contribution in [3.8, 4) is 0 Å². The third-order valence-corrected chi connectivity index (χ3v) is 5.61. The molecule has 0 radical (unpaired) electrons. The lowest BCUT2D eigenvalue weighted by Crippen LogP contribution is -2.22. The standard InChI is InChI=1S/C22H22N2O4S/c1-2-24(18-11-7-4-8-12-18)20-14-17(22(25)26)15-21(29(23,27)28)19(20)13-16-9-5-3-6-10-16/h3-12,14-15H,2,13H2,1H3,(H,25,26)(H2,23,27,28). The first kappa shape index (κ1) is 20.6. The molecule has 0 heterocycles. The zero-order valence-electron chi connectivity index (χ0n) is 15.9. The monoisotopic (exact) mass is 410 g/mol. The van der Waals surface area contributed by atoms with Crippen LogP contribution in [0, 0.1) is 0 Å². The Morgan fingerprint density at radius 3 is 2.10 bits per heavy atom. The van der Waals surface area contributed by atoms with Gasteiger partial charge in [-0.2, -0.15) is 0 Å². The van der Waals surface area contributed by atoms with Gasteiger partial charge < -0.3 is 10.0 Å². The molecule has 0 atom stereocenters.